The topological polar surface area (TPSA) is 78.9 Å². The molecule has 0 radical (unpaired) electrons. The molecule has 0 aromatic carbocycles. The number of hydrogen-bond acceptors (Lipinski definition) is 6. The molecule has 0 aliphatic rings. The summed E-state index contributed by atoms with van der Waals surface area (Å²) in [5, 5.41) is 0. The Morgan fingerprint density at radius 3 is 0.969 bits per heavy atom. The lowest BCUT2D eigenvalue weighted by Crippen LogP contribution is -2.30. The first-order valence-electron chi connectivity index (χ1n) is 28.1. The number of rotatable bonds is 51. The van der Waals surface area contributed by atoms with Gasteiger partial charge >= 0.3 is 17.9 Å². The fraction of sp³-hybridized carbons (Fsp3) is 0.814. The second-order valence-corrected chi connectivity index (χ2v) is 18.8. The average molecular weight is 911 g/mol. The van der Waals surface area contributed by atoms with Crippen LogP contribution in [0.3, 0.4) is 0 Å². The normalized spacial score (nSPS) is 12.4. The molecule has 6 heteroatoms. The van der Waals surface area contributed by atoms with Crippen molar-refractivity contribution in [2.75, 3.05) is 13.2 Å². The van der Waals surface area contributed by atoms with E-state index in [4.69, 9.17) is 14.2 Å². The summed E-state index contributed by atoms with van der Waals surface area (Å²) in [6.07, 6.45) is 65.4. The lowest BCUT2D eigenvalue weighted by atomic mass is 10.0. The van der Waals surface area contributed by atoms with Crippen LogP contribution in [0.2, 0.25) is 0 Å². The predicted octanol–water partition coefficient (Wildman–Crippen LogP) is 18.7. The Hall–Kier alpha value is -2.63. The van der Waals surface area contributed by atoms with Crippen LogP contribution in [0, 0.1) is 0 Å². The second-order valence-electron chi connectivity index (χ2n) is 18.8. The molecule has 1 unspecified atom stereocenters. The van der Waals surface area contributed by atoms with E-state index in [0.717, 1.165) is 96.3 Å². The maximum Gasteiger partial charge on any atom is 0.306 e. The van der Waals surface area contributed by atoms with E-state index in [1.807, 2.05) is 0 Å². The van der Waals surface area contributed by atoms with Crippen LogP contribution in [0.15, 0.2) is 48.6 Å². The highest BCUT2D eigenvalue weighted by molar-refractivity contribution is 5.71. The summed E-state index contributed by atoms with van der Waals surface area (Å²) in [6, 6.07) is 0. The summed E-state index contributed by atoms with van der Waals surface area (Å²) in [5.74, 6) is -0.898. The lowest BCUT2D eigenvalue weighted by Gasteiger charge is -2.18. The molecule has 1 atom stereocenters. The highest BCUT2D eigenvalue weighted by Gasteiger charge is 2.19. The zero-order valence-electron chi connectivity index (χ0n) is 43.3. The lowest BCUT2D eigenvalue weighted by molar-refractivity contribution is -0.167. The monoisotopic (exact) mass is 911 g/mol. The van der Waals surface area contributed by atoms with E-state index in [1.165, 1.54) is 154 Å². The molecular formula is C59H106O6. The smallest absolute Gasteiger partial charge is 0.306 e. The minimum absolute atomic E-state index is 0.0807. The van der Waals surface area contributed by atoms with Crippen molar-refractivity contribution in [2.24, 2.45) is 0 Å². The van der Waals surface area contributed by atoms with Gasteiger partial charge in [-0.1, -0.05) is 230 Å². The minimum Gasteiger partial charge on any atom is -0.462 e. The van der Waals surface area contributed by atoms with Crippen LogP contribution < -0.4 is 0 Å². The van der Waals surface area contributed by atoms with Crippen molar-refractivity contribution in [1.82, 2.24) is 0 Å². The number of esters is 3. The highest BCUT2D eigenvalue weighted by Crippen LogP contribution is 2.16. The summed E-state index contributed by atoms with van der Waals surface area (Å²) < 4.78 is 16.8. The maximum atomic E-state index is 12.8. The number of carbonyl (C=O) groups excluding carboxylic acids is 3. The molecule has 0 aromatic heterocycles. The molecule has 0 heterocycles. The Labute approximate surface area is 403 Å². The molecule has 0 bridgehead atoms. The van der Waals surface area contributed by atoms with Crippen molar-refractivity contribution in [1.29, 1.82) is 0 Å². The number of allylic oxidation sites excluding steroid dienone is 8. The Morgan fingerprint density at radius 2 is 0.600 bits per heavy atom. The largest absolute Gasteiger partial charge is 0.462 e. The number of ether oxygens (including phenoxy) is 3. The van der Waals surface area contributed by atoms with Gasteiger partial charge in [0.2, 0.25) is 0 Å². The molecule has 0 aliphatic carbocycles. The van der Waals surface area contributed by atoms with Gasteiger partial charge in [-0.05, 0) is 89.9 Å². The van der Waals surface area contributed by atoms with Crippen LogP contribution in [0.1, 0.15) is 290 Å². The third-order valence-corrected chi connectivity index (χ3v) is 12.3. The maximum absolute atomic E-state index is 12.8. The standard InChI is InChI=1S/C59H106O6/c1-4-7-10-13-16-19-22-24-26-27-28-29-30-31-32-33-34-36-37-40-43-46-49-52-58(61)64-55-56(54-63-57(60)51-48-45-42-39-21-18-15-12-9-6-3)65-59(62)53-50-47-44-41-38-35-25-23-20-17-14-11-8-5-2/h12,14-15,17,23,25,27-28,56H,4-11,13,16,18-22,24,26,29-55H2,1-3H3/b15-12-,17-14-,25-23-,28-27-. The van der Waals surface area contributed by atoms with E-state index >= 15 is 0 Å². The SMILES string of the molecule is CCC/C=C\CCCCCCCC(=O)OCC(COC(=O)CCCCCCCCCCCCC/C=C\CCCCCCCCCC)OC(=O)CCCCCCC/C=C\C/C=C\CCCC. The van der Waals surface area contributed by atoms with E-state index in [2.05, 4.69) is 69.4 Å². The number of unbranched alkanes of at least 4 members (excludes halogenated alkanes) is 32. The molecule has 0 amide bonds. The van der Waals surface area contributed by atoms with Crippen molar-refractivity contribution < 1.29 is 28.6 Å². The van der Waals surface area contributed by atoms with Crippen LogP contribution in [0.5, 0.6) is 0 Å². The van der Waals surface area contributed by atoms with Gasteiger partial charge < -0.3 is 14.2 Å². The van der Waals surface area contributed by atoms with Gasteiger partial charge in [0, 0.05) is 19.3 Å². The summed E-state index contributed by atoms with van der Waals surface area (Å²) in [4.78, 5) is 38.0. The third-order valence-electron chi connectivity index (χ3n) is 12.3. The van der Waals surface area contributed by atoms with E-state index in [1.54, 1.807) is 0 Å². The van der Waals surface area contributed by atoms with Crippen molar-refractivity contribution in [3.05, 3.63) is 48.6 Å². The van der Waals surface area contributed by atoms with E-state index in [0.29, 0.717) is 19.3 Å². The molecule has 0 saturated carbocycles. The van der Waals surface area contributed by atoms with E-state index in [9.17, 15) is 14.4 Å². The Morgan fingerprint density at radius 1 is 0.308 bits per heavy atom. The van der Waals surface area contributed by atoms with Gasteiger partial charge in [0.05, 0.1) is 0 Å². The molecular weight excluding hydrogens is 805 g/mol. The Bertz CT molecular complexity index is 1140. The quantitative estimate of drug-likeness (QED) is 0.0262. The van der Waals surface area contributed by atoms with Crippen LogP contribution in [-0.4, -0.2) is 37.2 Å². The van der Waals surface area contributed by atoms with E-state index < -0.39 is 6.10 Å². The third kappa shape index (κ3) is 52.2. The van der Waals surface area contributed by atoms with Gasteiger partial charge in [-0.15, -0.1) is 0 Å². The predicted molar refractivity (Wildman–Crippen MR) is 279 cm³/mol. The van der Waals surface area contributed by atoms with Gasteiger partial charge in [-0.3, -0.25) is 14.4 Å². The molecule has 65 heavy (non-hydrogen) atoms. The Kier molecular flexibility index (Phi) is 51.8. The highest BCUT2D eigenvalue weighted by atomic mass is 16.6. The van der Waals surface area contributed by atoms with Crippen LogP contribution in [0.4, 0.5) is 0 Å². The molecule has 0 fully saturated rings. The molecule has 0 aliphatic heterocycles. The van der Waals surface area contributed by atoms with Crippen molar-refractivity contribution in [2.45, 2.75) is 297 Å². The van der Waals surface area contributed by atoms with Crippen LogP contribution in [0.25, 0.3) is 0 Å². The van der Waals surface area contributed by atoms with Crippen molar-refractivity contribution >= 4 is 17.9 Å². The first kappa shape index (κ1) is 62.4. The first-order chi connectivity index (χ1) is 32.0. The molecule has 6 nitrogen and oxygen atoms in total. The second kappa shape index (κ2) is 54.0. The summed E-state index contributed by atoms with van der Waals surface area (Å²) in [5.41, 5.74) is 0. The molecule has 0 aromatic rings. The fourth-order valence-corrected chi connectivity index (χ4v) is 7.99. The number of hydrogen-bond donors (Lipinski definition) is 0. The first-order valence-corrected chi connectivity index (χ1v) is 28.1. The van der Waals surface area contributed by atoms with Crippen molar-refractivity contribution in [3.63, 3.8) is 0 Å². The number of carbonyl (C=O) groups is 3. The van der Waals surface area contributed by atoms with Crippen LogP contribution in [-0.2, 0) is 28.6 Å². The Balaban J connectivity index is 4.24. The zero-order chi connectivity index (χ0) is 47.2. The molecule has 378 valence electrons. The van der Waals surface area contributed by atoms with Gasteiger partial charge in [-0.2, -0.15) is 0 Å². The molecule has 0 saturated heterocycles. The summed E-state index contributed by atoms with van der Waals surface area (Å²) in [7, 11) is 0. The zero-order valence-corrected chi connectivity index (χ0v) is 43.3. The van der Waals surface area contributed by atoms with E-state index in [-0.39, 0.29) is 31.1 Å². The van der Waals surface area contributed by atoms with Gasteiger partial charge in [0.1, 0.15) is 13.2 Å². The molecule has 0 spiro atoms. The minimum atomic E-state index is -0.782. The fourth-order valence-electron chi connectivity index (χ4n) is 7.99. The van der Waals surface area contributed by atoms with Crippen molar-refractivity contribution in [3.8, 4) is 0 Å². The van der Waals surface area contributed by atoms with Gasteiger partial charge in [0.25, 0.3) is 0 Å². The molecule has 0 N–H and O–H groups in total. The summed E-state index contributed by atoms with van der Waals surface area (Å²) >= 11 is 0. The summed E-state index contributed by atoms with van der Waals surface area (Å²) in [6.45, 7) is 6.54. The molecule has 0 rings (SSSR count). The average Bonchev–Trinajstić information content (AvgIpc) is 3.30. The van der Waals surface area contributed by atoms with Gasteiger partial charge in [-0.25, -0.2) is 0 Å². The van der Waals surface area contributed by atoms with Gasteiger partial charge in [0.15, 0.2) is 6.10 Å². The van der Waals surface area contributed by atoms with Crippen LogP contribution >= 0.6 is 0 Å².